The summed E-state index contributed by atoms with van der Waals surface area (Å²) in [5.41, 5.74) is 4.00. The lowest BCUT2D eigenvalue weighted by Gasteiger charge is -2.19. The zero-order valence-corrected chi connectivity index (χ0v) is 22.0. The van der Waals surface area contributed by atoms with E-state index in [4.69, 9.17) is 9.47 Å². The van der Waals surface area contributed by atoms with Crippen molar-refractivity contribution in [3.63, 3.8) is 0 Å². The van der Waals surface area contributed by atoms with E-state index in [1.165, 1.54) is 17.7 Å². The highest BCUT2D eigenvalue weighted by molar-refractivity contribution is 9.11. The average molecular weight is 529 g/mol. The molecule has 34 heavy (non-hydrogen) atoms. The van der Waals surface area contributed by atoms with Crippen LogP contribution in [0.25, 0.3) is 0 Å². The molecule has 0 N–H and O–H groups in total. The van der Waals surface area contributed by atoms with Crippen LogP contribution in [-0.4, -0.2) is 18.7 Å². The van der Waals surface area contributed by atoms with Crippen molar-refractivity contribution >= 4 is 21.9 Å². The van der Waals surface area contributed by atoms with E-state index in [1.807, 2.05) is 51.1 Å². The zero-order chi connectivity index (χ0) is 25.1. The minimum absolute atomic E-state index is 0.0586. The Balaban J connectivity index is 0.00000199. The number of esters is 1. The molecule has 0 amide bonds. The van der Waals surface area contributed by atoms with Gasteiger partial charge in [0.2, 0.25) is 0 Å². The summed E-state index contributed by atoms with van der Waals surface area (Å²) in [5, 5.41) is 0. The van der Waals surface area contributed by atoms with E-state index >= 15 is 0 Å². The van der Waals surface area contributed by atoms with Gasteiger partial charge in [-0.2, -0.15) is 0 Å². The van der Waals surface area contributed by atoms with Crippen molar-refractivity contribution in [3.05, 3.63) is 99.8 Å². The molecule has 1 aliphatic rings. The van der Waals surface area contributed by atoms with Crippen molar-refractivity contribution in [2.24, 2.45) is 0 Å². The molecule has 3 nitrogen and oxygen atoms in total. The Kier molecular flexibility index (Phi) is 11.3. The number of carbonyl (C=O) groups excluding carboxylic acids is 1. The summed E-state index contributed by atoms with van der Waals surface area (Å²) in [5.74, 6) is -0.0619. The molecular weight excluding hydrogens is 495 g/mol. The van der Waals surface area contributed by atoms with Gasteiger partial charge in [-0.3, -0.25) is 4.79 Å². The molecule has 2 atom stereocenters. The van der Waals surface area contributed by atoms with E-state index in [0.717, 1.165) is 39.8 Å². The van der Waals surface area contributed by atoms with Crippen LogP contribution in [0.1, 0.15) is 64.0 Å². The molecule has 0 aliphatic heterocycles. The maximum absolute atomic E-state index is 13.4. The Morgan fingerprint density at radius 1 is 1.15 bits per heavy atom. The zero-order valence-electron chi connectivity index (χ0n) is 20.4. The first-order valence-corrected chi connectivity index (χ1v) is 12.6. The van der Waals surface area contributed by atoms with Crippen molar-refractivity contribution < 1.29 is 18.7 Å². The summed E-state index contributed by atoms with van der Waals surface area (Å²) in [7, 11) is 0. The number of hydrogen-bond acceptors (Lipinski definition) is 3. The first kappa shape index (κ1) is 27.6. The van der Waals surface area contributed by atoms with Gasteiger partial charge >= 0.3 is 5.97 Å². The maximum atomic E-state index is 13.4. The van der Waals surface area contributed by atoms with Crippen LogP contribution >= 0.6 is 15.9 Å². The van der Waals surface area contributed by atoms with E-state index in [-0.39, 0.29) is 30.2 Å². The van der Waals surface area contributed by atoms with E-state index < -0.39 is 0 Å². The Bertz CT molecular complexity index is 1010. The van der Waals surface area contributed by atoms with Gasteiger partial charge in [-0.15, -0.1) is 0 Å². The van der Waals surface area contributed by atoms with E-state index in [1.54, 1.807) is 19.1 Å². The topological polar surface area (TPSA) is 35.5 Å². The third-order valence-electron chi connectivity index (χ3n) is 5.57. The van der Waals surface area contributed by atoms with Crippen LogP contribution in [0.3, 0.4) is 0 Å². The number of halogens is 2. The Labute approximate surface area is 211 Å². The second-order valence-corrected chi connectivity index (χ2v) is 8.61. The van der Waals surface area contributed by atoms with Gasteiger partial charge in [0, 0.05) is 10.4 Å². The van der Waals surface area contributed by atoms with Crippen molar-refractivity contribution in [3.8, 4) is 5.75 Å². The van der Waals surface area contributed by atoms with Crippen molar-refractivity contribution in [1.29, 1.82) is 0 Å². The predicted molar refractivity (Wildman–Crippen MR) is 141 cm³/mol. The van der Waals surface area contributed by atoms with Crippen LogP contribution in [0, 0.1) is 5.82 Å². The molecule has 1 fully saturated rings. The highest BCUT2D eigenvalue weighted by Crippen LogP contribution is 2.35. The Morgan fingerprint density at radius 3 is 2.29 bits per heavy atom. The van der Waals surface area contributed by atoms with E-state index in [9.17, 15) is 9.18 Å². The Morgan fingerprint density at radius 2 is 1.74 bits per heavy atom. The molecule has 2 unspecified atom stereocenters. The monoisotopic (exact) mass is 528 g/mol. The van der Waals surface area contributed by atoms with Gasteiger partial charge in [-0.05, 0) is 79.3 Å². The fraction of sp³-hybridized carbons (Fsp3) is 0.345. The molecule has 1 saturated carbocycles. The summed E-state index contributed by atoms with van der Waals surface area (Å²) in [4.78, 5) is 12.2. The third kappa shape index (κ3) is 7.69. The van der Waals surface area contributed by atoms with Gasteiger partial charge in [-0.25, -0.2) is 4.39 Å². The third-order valence-corrected chi connectivity index (χ3v) is 6.26. The summed E-state index contributed by atoms with van der Waals surface area (Å²) < 4.78 is 25.8. The number of allylic oxidation sites excluding steroid dienone is 3. The molecule has 2 aromatic carbocycles. The van der Waals surface area contributed by atoms with Gasteiger partial charge in [0.15, 0.2) is 0 Å². The lowest BCUT2D eigenvalue weighted by atomic mass is 9.88. The molecule has 5 heteroatoms. The second kappa shape index (κ2) is 13.9. The van der Waals surface area contributed by atoms with Crippen LogP contribution in [0.4, 0.5) is 4.39 Å². The number of carbonyl (C=O) groups is 1. The molecule has 2 aromatic rings. The SMILES string of the molecule is C=C1/C(=C\C(Br)=C/C)CCC1Oc1ccc(C(CC(=O)OCC)c2ccc(F)cc2)cc1.CC. The smallest absolute Gasteiger partial charge is 0.306 e. The fourth-order valence-electron chi connectivity index (χ4n) is 3.83. The molecule has 0 aromatic heterocycles. The van der Waals surface area contributed by atoms with Gasteiger partial charge in [0.25, 0.3) is 0 Å². The quantitative estimate of drug-likeness (QED) is 0.323. The highest BCUT2D eigenvalue weighted by atomic mass is 79.9. The lowest BCUT2D eigenvalue weighted by molar-refractivity contribution is -0.143. The van der Waals surface area contributed by atoms with Crippen LogP contribution in [0.2, 0.25) is 0 Å². The molecule has 0 heterocycles. The molecule has 0 saturated heterocycles. The largest absolute Gasteiger partial charge is 0.486 e. The predicted octanol–water partition coefficient (Wildman–Crippen LogP) is 8.26. The average Bonchev–Trinajstić information content (AvgIpc) is 3.19. The molecule has 0 radical (unpaired) electrons. The number of rotatable bonds is 8. The number of hydrogen-bond donors (Lipinski definition) is 0. The van der Waals surface area contributed by atoms with Crippen molar-refractivity contribution in [2.45, 2.75) is 59.0 Å². The van der Waals surface area contributed by atoms with Crippen molar-refractivity contribution in [2.75, 3.05) is 6.61 Å². The normalized spacial score (nSPS) is 17.7. The summed E-state index contributed by atoms with van der Waals surface area (Å²) in [6.45, 7) is 12.3. The van der Waals surface area contributed by atoms with Gasteiger partial charge in [-0.1, -0.05) is 66.7 Å². The summed E-state index contributed by atoms with van der Waals surface area (Å²) in [6.07, 6.45) is 6.04. The van der Waals surface area contributed by atoms with Crippen LogP contribution in [0.15, 0.2) is 82.9 Å². The lowest BCUT2D eigenvalue weighted by Crippen LogP contribution is -2.14. The standard InChI is InChI=1S/C27H28BrFO3.C2H6/c1-4-22(28)16-21-10-15-26(18(21)3)32-24-13-8-20(9-14-24)25(17-27(30)31-5-2)19-6-11-23(29)12-7-19;1-2/h4,6-9,11-14,16,25-26H,3,5,10,15,17H2,1-2H3;1-2H3/b21-16-,22-4+;. The first-order valence-electron chi connectivity index (χ1n) is 11.8. The van der Waals surface area contributed by atoms with Crippen LogP contribution in [0.5, 0.6) is 5.75 Å². The molecule has 1 aliphatic carbocycles. The van der Waals surface area contributed by atoms with Crippen molar-refractivity contribution in [1.82, 2.24) is 0 Å². The van der Waals surface area contributed by atoms with Gasteiger partial charge < -0.3 is 9.47 Å². The number of benzene rings is 2. The first-order chi connectivity index (χ1) is 16.4. The molecular formula is C29H34BrFO3. The molecule has 182 valence electrons. The molecule has 0 bridgehead atoms. The van der Waals surface area contributed by atoms with Gasteiger partial charge in [0.05, 0.1) is 13.0 Å². The summed E-state index contributed by atoms with van der Waals surface area (Å²) >= 11 is 3.52. The Hall–Kier alpha value is -2.66. The van der Waals surface area contributed by atoms with Gasteiger partial charge in [0.1, 0.15) is 17.7 Å². The van der Waals surface area contributed by atoms with E-state index in [0.29, 0.717) is 6.61 Å². The van der Waals surface area contributed by atoms with Crippen LogP contribution < -0.4 is 4.74 Å². The fourth-order valence-corrected chi connectivity index (χ4v) is 4.10. The minimum atomic E-state index is -0.306. The molecule has 0 spiro atoms. The second-order valence-electron chi connectivity index (χ2n) is 7.70. The maximum Gasteiger partial charge on any atom is 0.306 e. The summed E-state index contributed by atoms with van der Waals surface area (Å²) in [6, 6.07) is 14.0. The molecule has 3 rings (SSSR count). The van der Waals surface area contributed by atoms with E-state index in [2.05, 4.69) is 28.6 Å². The minimum Gasteiger partial charge on any atom is -0.486 e. The highest BCUT2D eigenvalue weighted by Gasteiger charge is 2.26. The number of ether oxygens (including phenoxy) is 2. The van der Waals surface area contributed by atoms with Crippen LogP contribution in [-0.2, 0) is 9.53 Å².